The summed E-state index contributed by atoms with van der Waals surface area (Å²) < 4.78 is 17.2. The fourth-order valence-corrected chi connectivity index (χ4v) is 16.9. The third kappa shape index (κ3) is 12.0. The van der Waals surface area contributed by atoms with E-state index in [2.05, 4.69) is 342 Å². The number of furan rings is 2. The molecular formula is C108H66N6O2. The molecule has 8 nitrogen and oxygen atoms in total. The van der Waals surface area contributed by atoms with Gasteiger partial charge in [-0.25, -0.2) is 19.9 Å². The Morgan fingerprint density at radius 1 is 0.198 bits per heavy atom. The summed E-state index contributed by atoms with van der Waals surface area (Å²) in [5.74, 6) is 8.42. The minimum atomic E-state index is 0.619. The molecule has 0 unspecified atom stereocenters. The van der Waals surface area contributed by atoms with Gasteiger partial charge in [0.2, 0.25) is 11.9 Å². The Kier molecular flexibility index (Phi) is 16.3. The molecule has 17 aromatic carbocycles. The van der Waals surface area contributed by atoms with E-state index >= 15 is 0 Å². The van der Waals surface area contributed by atoms with Crippen LogP contribution in [-0.2, 0) is 0 Å². The average Bonchev–Trinajstić information content (AvgIpc) is 0.766. The molecule has 0 aliphatic carbocycles. The first kappa shape index (κ1) is 67.1. The van der Waals surface area contributed by atoms with Crippen LogP contribution < -0.4 is 0 Å². The van der Waals surface area contributed by atoms with Crippen molar-refractivity contribution < 1.29 is 8.83 Å². The van der Waals surface area contributed by atoms with Gasteiger partial charge in [-0.3, -0.25) is 9.13 Å². The summed E-state index contributed by atoms with van der Waals surface area (Å²) in [6, 6.07) is 140. The van der Waals surface area contributed by atoms with Gasteiger partial charge in [-0.15, -0.1) is 0 Å². The molecule has 0 aliphatic rings. The van der Waals surface area contributed by atoms with Gasteiger partial charge in [0.15, 0.2) is 0 Å². The third-order valence-corrected chi connectivity index (χ3v) is 22.5. The first-order valence-electron chi connectivity index (χ1n) is 39.0. The second kappa shape index (κ2) is 28.2. The van der Waals surface area contributed by atoms with Crippen molar-refractivity contribution in [3.63, 3.8) is 0 Å². The molecule has 540 valence electrons. The van der Waals surface area contributed by atoms with E-state index < -0.39 is 0 Å². The summed E-state index contributed by atoms with van der Waals surface area (Å²) in [4.78, 5) is 20.9. The maximum atomic E-state index is 6.40. The van der Waals surface area contributed by atoms with Gasteiger partial charge >= 0.3 is 0 Å². The molecule has 6 heterocycles. The van der Waals surface area contributed by atoms with Crippen LogP contribution in [0.15, 0.2) is 409 Å². The Balaban J connectivity index is 0.000000141. The fourth-order valence-electron chi connectivity index (χ4n) is 16.9. The summed E-state index contributed by atoms with van der Waals surface area (Å²) in [5, 5.41) is 13.6. The standard InChI is InChI=1S/2C54H33N3O/c1-4-14-34(15-5-1)37-24-26-40-44-32-53-47(42-21-11-13-23-52(42)58-53)31-39(44)30-43(45(40)28-37)38-25-27-51-46(29-38)41-20-10-12-22-50(41)57(51)54-55-48(35-16-6-2-7-17-35)33-49(56-54)36-18-8-3-9-19-36;1-4-14-37(15-5-1)38-27-29-39(30-28-38)45-34-53-47(44-21-11-13-23-52(44)58-53)33-42(45)26-24-36-25-31-51-46(32-36)43-20-10-12-22-50(43)57(51)54-55-48(40-16-6-2-7-17-40)35-49(56-54)41-18-8-3-9-19-41/h1-33H;1-23,25,27-35H. The zero-order chi connectivity index (χ0) is 76.6. The molecule has 0 N–H and O–H groups in total. The van der Waals surface area contributed by atoms with Crippen molar-refractivity contribution in [3.05, 3.63) is 412 Å². The van der Waals surface area contributed by atoms with Gasteiger partial charge in [-0.05, 0) is 164 Å². The lowest BCUT2D eigenvalue weighted by atomic mass is 9.90. The lowest BCUT2D eigenvalue weighted by Gasteiger charge is -2.14. The molecule has 0 fully saturated rings. The van der Waals surface area contributed by atoms with Gasteiger partial charge in [-0.2, -0.15) is 0 Å². The van der Waals surface area contributed by atoms with E-state index in [1.807, 2.05) is 78.9 Å². The number of hydrogen-bond donors (Lipinski definition) is 0. The predicted molar refractivity (Wildman–Crippen MR) is 478 cm³/mol. The minimum absolute atomic E-state index is 0.619. The van der Waals surface area contributed by atoms with Crippen molar-refractivity contribution in [2.45, 2.75) is 0 Å². The number of aromatic nitrogens is 6. The lowest BCUT2D eigenvalue weighted by molar-refractivity contribution is 0.669. The molecule has 23 rings (SSSR count). The number of rotatable bonds is 10. The van der Waals surface area contributed by atoms with Crippen LogP contribution in [0.5, 0.6) is 0 Å². The van der Waals surface area contributed by atoms with E-state index in [1.165, 1.54) is 49.4 Å². The molecule has 0 saturated carbocycles. The van der Waals surface area contributed by atoms with Gasteiger partial charge in [0, 0.05) is 82.0 Å². The summed E-state index contributed by atoms with van der Waals surface area (Å²) in [6.45, 7) is 0. The van der Waals surface area contributed by atoms with Crippen molar-refractivity contribution in [2.24, 2.45) is 0 Å². The fraction of sp³-hybridized carbons (Fsp3) is 0. The van der Waals surface area contributed by atoms with E-state index in [1.54, 1.807) is 0 Å². The Morgan fingerprint density at radius 3 is 1.11 bits per heavy atom. The molecule has 0 radical (unpaired) electrons. The number of nitrogens with zero attached hydrogens (tertiary/aromatic N) is 6. The van der Waals surface area contributed by atoms with Crippen LogP contribution >= 0.6 is 0 Å². The monoisotopic (exact) mass is 1480 g/mol. The highest BCUT2D eigenvalue weighted by Gasteiger charge is 2.23. The molecule has 0 spiro atoms. The first-order chi connectivity index (χ1) is 57.5. The number of benzene rings is 17. The second-order valence-electron chi connectivity index (χ2n) is 29.4. The van der Waals surface area contributed by atoms with Crippen molar-refractivity contribution in [1.82, 2.24) is 29.1 Å². The summed E-state index contributed by atoms with van der Waals surface area (Å²) in [5.41, 5.74) is 26.3. The van der Waals surface area contributed by atoms with Gasteiger partial charge in [0.05, 0.1) is 44.8 Å². The van der Waals surface area contributed by atoms with E-state index in [9.17, 15) is 0 Å². The highest BCUT2D eigenvalue weighted by atomic mass is 16.3. The molecule has 0 aliphatic heterocycles. The number of fused-ring (bicyclic) bond motifs is 15. The molecular weight excluding hydrogens is 1410 g/mol. The van der Waals surface area contributed by atoms with Crippen molar-refractivity contribution in [1.29, 1.82) is 0 Å². The largest absolute Gasteiger partial charge is 0.456 e. The summed E-state index contributed by atoms with van der Waals surface area (Å²) >= 11 is 0. The lowest BCUT2D eigenvalue weighted by Crippen LogP contribution is -2.04. The first-order valence-corrected chi connectivity index (χ1v) is 39.0. The molecule has 0 bridgehead atoms. The van der Waals surface area contributed by atoms with E-state index in [0.29, 0.717) is 11.9 Å². The molecule has 116 heavy (non-hydrogen) atoms. The van der Waals surface area contributed by atoms with Crippen LogP contribution in [-0.4, -0.2) is 29.1 Å². The van der Waals surface area contributed by atoms with Gasteiger partial charge in [0.1, 0.15) is 22.3 Å². The van der Waals surface area contributed by atoms with Gasteiger partial charge in [0.25, 0.3) is 0 Å². The van der Waals surface area contributed by atoms with Crippen molar-refractivity contribution >= 4 is 109 Å². The highest BCUT2D eigenvalue weighted by Crippen LogP contribution is 2.45. The van der Waals surface area contributed by atoms with Crippen LogP contribution in [0, 0.1) is 11.8 Å². The molecule has 8 heteroatoms. The Morgan fingerprint density at radius 2 is 0.586 bits per heavy atom. The quantitative estimate of drug-likeness (QED) is 0.100. The zero-order valence-corrected chi connectivity index (χ0v) is 62.6. The van der Waals surface area contributed by atoms with Crippen molar-refractivity contribution in [3.8, 4) is 113 Å². The second-order valence-corrected chi connectivity index (χ2v) is 29.4. The molecule has 0 saturated heterocycles. The molecule has 0 amide bonds. The predicted octanol–water partition coefficient (Wildman–Crippen LogP) is 28.0. The molecule has 0 atom stereocenters. The zero-order valence-electron chi connectivity index (χ0n) is 62.6. The van der Waals surface area contributed by atoms with Crippen molar-refractivity contribution in [2.75, 3.05) is 0 Å². The van der Waals surface area contributed by atoms with E-state index in [0.717, 1.165) is 160 Å². The highest BCUT2D eigenvalue weighted by molar-refractivity contribution is 6.21. The van der Waals surface area contributed by atoms with Crippen LogP contribution in [0.3, 0.4) is 0 Å². The van der Waals surface area contributed by atoms with Crippen LogP contribution in [0.1, 0.15) is 11.1 Å². The Hall–Kier alpha value is -15.8. The Labute approximate surface area is 667 Å². The molecule has 23 aromatic rings. The van der Waals surface area contributed by atoms with Crippen LogP contribution in [0.2, 0.25) is 0 Å². The maximum absolute atomic E-state index is 6.40. The third-order valence-electron chi connectivity index (χ3n) is 22.5. The topological polar surface area (TPSA) is 87.7 Å². The number of para-hydroxylation sites is 4. The average molecular weight is 1480 g/mol. The smallest absolute Gasteiger partial charge is 0.235 e. The Bertz CT molecular complexity index is 7740. The SMILES string of the molecule is C(#Cc1cc2c(cc1-c1ccc(-c3ccccc3)cc1)oc1ccccc12)c1ccc2c(c1)c1ccccc1n2-c1nc(-c2ccccc2)cc(-c2ccccc2)n1.c1ccc(-c2ccc3c(c2)c(-c2ccc4c(c2)c2ccccc2n4-c2nc(-c4ccccc4)cc(-c4ccccc4)n2)cc2cc4c(cc23)oc2ccccc24)cc1. The van der Waals surface area contributed by atoms with E-state index in [4.69, 9.17) is 28.8 Å². The summed E-state index contributed by atoms with van der Waals surface area (Å²) in [6.07, 6.45) is 0. The van der Waals surface area contributed by atoms with Crippen LogP contribution in [0.25, 0.3) is 210 Å². The molecule has 6 aromatic heterocycles. The van der Waals surface area contributed by atoms with Gasteiger partial charge < -0.3 is 8.83 Å². The van der Waals surface area contributed by atoms with E-state index in [-0.39, 0.29) is 0 Å². The normalized spacial score (nSPS) is 11.6. The maximum Gasteiger partial charge on any atom is 0.235 e. The van der Waals surface area contributed by atoms with Crippen LogP contribution in [0.4, 0.5) is 0 Å². The summed E-state index contributed by atoms with van der Waals surface area (Å²) in [7, 11) is 0. The van der Waals surface area contributed by atoms with Gasteiger partial charge in [-0.1, -0.05) is 309 Å². The number of hydrogen-bond acceptors (Lipinski definition) is 6. The minimum Gasteiger partial charge on any atom is -0.456 e.